The zero-order valence-corrected chi connectivity index (χ0v) is 13.8. The molecule has 8 heteroatoms. The zero-order valence-electron chi connectivity index (χ0n) is 13.0. The Hall–Kier alpha value is -2.61. The average molecular weight is 335 g/mol. The number of thiazole rings is 1. The molecule has 2 aromatic rings. The van der Waals surface area contributed by atoms with E-state index >= 15 is 0 Å². The minimum Gasteiger partial charge on any atom is -0.502 e. The van der Waals surface area contributed by atoms with Gasteiger partial charge in [0.25, 0.3) is 0 Å². The number of amides is 1. The number of methoxy groups -OCH3 is 2. The zero-order chi connectivity index (χ0) is 16.8. The van der Waals surface area contributed by atoms with E-state index < -0.39 is 0 Å². The summed E-state index contributed by atoms with van der Waals surface area (Å²) in [6.45, 7) is 1.88. The van der Waals surface area contributed by atoms with Crippen LogP contribution in [0.1, 0.15) is 16.3 Å². The molecule has 0 aliphatic heterocycles. The second kappa shape index (κ2) is 7.59. The Balaban J connectivity index is 2.01. The number of aryl methyl sites for hydroxylation is 1. The van der Waals surface area contributed by atoms with E-state index in [0.29, 0.717) is 5.56 Å². The minimum atomic E-state index is -0.256. The fourth-order valence-electron chi connectivity index (χ4n) is 1.83. The van der Waals surface area contributed by atoms with Gasteiger partial charge >= 0.3 is 0 Å². The molecule has 0 spiro atoms. The van der Waals surface area contributed by atoms with Gasteiger partial charge in [0.1, 0.15) is 5.01 Å². The minimum absolute atomic E-state index is 0.0877. The Morgan fingerprint density at radius 2 is 2.04 bits per heavy atom. The van der Waals surface area contributed by atoms with Crippen LogP contribution in [-0.2, 0) is 11.2 Å². The van der Waals surface area contributed by atoms with Gasteiger partial charge in [0.05, 0.1) is 26.9 Å². The summed E-state index contributed by atoms with van der Waals surface area (Å²) in [6, 6.07) is 3.16. The molecule has 0 saturated carbocycles. The van der Waals surface area contributed by atoms with Crippen LogP contribution in [0.2, 0.25) is 0 Å². The third-order valence-corrected chi connectivity index (χ3v) is 3.85. The van der Waals surface area contributed by atoms with Crippen molar-refractivity contribution in [3.63, 3.8) is 0 Å². The van der Waals surface area contributed by atoms with Crippen molar-refractivity contribution >= 4 is 23.5 Å². The molecule has 1 aromatic carbocycles. The number of ether oxygens (including phenoxy) is 2. The molecule has 0 fully saturated rings. The van der Waals surface area contributed by atoms with Crippen molar-refractivity contribution in [3.8, 4) is 17.2 Å². The second-order valence-electron chi connectivity index (χ2n) is 4.63. The van der Waals surface area contributed by atoms with Gasteiger partial charge in [-0.1, -0.05) is 0 Å². The molecule has 0 atom stereocenters. The number of hydrogen-bond acceptors (Lipinski definition) is 7. The summed E-state index contributed by atoms with van der Waals surface area (Å²) < 4.78 is 10.1. The average Bonchev–Trinajstić information content (AvgIpc) is 2.93. The first kappa shape index (κ1) is 16.8. The summed E-state index contributed by atoms with van der Waals surface area (Å²) in [5, 5.41) is 16.3. The molecular weight excluding hydrogens is 318 g/mol. The van der Waals surface area contributed by atoms with Crippen LogP contribution >= 0.6 is 11.3 Å². The number of aromatic nitrogens is 1. The number of nitrogens with one attached hydrogen (secondary N) is 1. The molecule has 0 bridgehead atoms. The van der Waals surface area contributed by atoms with Crippen molar-refractivity contribution in [3.05, 3.63) is 33.8 Å². The van der Waals surface area contributed by atoms with Crippen molar-refractivity contribution in [2.45, 2.75) is 13.3 Å². The molecule has 0 aliphatic carbocycles. The largest absolute Gasteiger partial charge is 0.502 e. The first-order valence-corrected chi connectivity index (χ1v) is 7.59. The lowest BCUT2D eigenvalue weighted by Gasteiger charge is -2.09. The maximum Gasteiger partial charge on any atom is 0.246 e. The van der Waals surface area contributed by atoms with Gasteiger partial charge in [-0.25, -0.2) is 10.4 Å². The lowest BCUT2D eigenvalue weighted by Crippen LogP contribution is -2.19. The first-order chi connectivity index (χ1) is 11.0. The molecule has 0 aliphatic rings. The normalized spacial score (nSPS) is 10.7. The van der Waals surface area contributed by atoms with Crippen LogP contribution in [0, 0.1) is 6.92 Å². The molecule has 0 unspecified atom stereocenters. The van der Waals surface area contributed by atoms with Gasteiger partial charge < -0.3 is 14.6 Å². The number of benzene rings is 1. The molecule has 23 heavy (non-hydrogen) atoms. The van der Waals surface area contributed by atoms with E-state index in [9.17, 15) is 9.90 Å². The van der Waals surface area contributed by atoms with Gasteiger partial charge in [0, 0.05) is 16.6 Å². The molecule has 0 radical (unpaired) electrons. The van der Waals surface area contributed by atoms with Gasteiger partial charge in [-0.05, 0) is 19.1 Å². The number of rotatable bonds is 6. The van der Waals surface area contributed by atoms with Crippen molar-refractivity contribution < 1.29 is 19.4 Å². The summed E-state index contributed by atoms with van der Waals surface area (Å²) in [5.74, 6) is 0.175. The van der Waals surface area contributed by atoms with Gasteiger partial charge in [0.2, 0.25) is 11.7 Å². The number of phenolic OH excluding ortho intramolecular Hbond substituents is 1. The van der Waals surface area contributed by atoms with E-state index in [-0.39, 0.29) is 29.6 Å². The van der Waals surface area contributed by atoms with E-state index in [2.05, 4.69) is 15.5 Å². The van der Waals surface area contributed by atoms with Gasteiger partial charge in [0.15, 0.2) is 11.5 Å². The number of hydrazone groups is 1. The van der Waals surface area contributed by atoms with E-state index in [4.69, 9.17) is 9.47 Å². The quantitative estimate of drug-likeness (QED) is 0.621. The summed E-state index contributed by atoms with van der Waals surface area (Å²) >= 11 is 1.43. The number of hydrogen-bond donors (Lipinski definition) is 2. The lowest BCUT2D eigenvalue weighted by atomic mass is 10.2. The Morgan fingerprint density at radius 1 is 1.39 bits per heavy atom. The molecule has 122 valence electrons. The van der Waals surface area contributed by atoms with Crippen LogP contribution in [-0.4, -0.2) is 36.4 Å². The number of carbonyl (C=O) groups is 1. The van der Waals surface area contributed by atoms with Crippen molar-refractivity contribution in [1.29, 1.82) is 0 Å². The van der Waals surface area contributed by atoms with Crippen LogP contribution in [0.5, 0.6) is 17.2 Å². The van der Waals surface area contributed by atoms with E-state index in [0.717, 1.165) is 10.7 Å². The summed E-state index contributed by atoms with van der Waals surface area (Å²) in [7, 11) is 2.88. The monoisotopic (exact) mass is 335 g/mol. The topological polar surface area (TPSA) is 93.0 Å². The second-order valence-corrected chi connectivity index (χ2v) is 5.57. The highest BCUT2D eigenvalue weighted by Gasteiger charge is 2.10. The Kier molecular flexibility index (Phi) is 5.53. The van der Waals surface area contributed by atoms with Crippen LogP contribution in [0.3, 0.4) is 0 Å². The first-order valence-electron chi connectivity index (χ1n) is 6.71. The highest BCUT2D eigenvalue weighted by Crippen LogP contribution is 2.36. The Labute approximate surface area is 137 Å². The van der Waals surface area contributed by atoms with Gasteiger partial charge in [-0.2, -0.15) is 5.10 Å². The van der Waals surface area contributed by atoms with E-state index in [1.165, 1.54) is 31.8 Å². The SMILES string of the molecule is COc1cc(/C=N/NC(=O)Cc2nc(C)cs2)cc(OC)c1O. The molecule has 0 saturated heterocycles. The molecule has 2 rings (SSSR count). The maximum absolute atomic E-state index is 11.8. The third kappa shape index (κ3) is 4.43. The summed E-state index contributed by atoms with van der Waals surface area (Å²) in [5.41, 5.74) is 3.94. The number of nitrogens with zero attached hydrogens (tertiary/aromatic N) is 2. The van der Waals surface area contributed by atoms with E-state index in [1.54, 1.807) is 12.1 Å². The van der Waals surface area contributed by atoms with Crippen LogP contribution in [0.15, 0.2) is 22.6 Å². The van der Waals surface area contributed by atoms with E-state index in [1.807, 2.05) is 12.3 Å². The van der Waals surface area contributed by atoms with Crippen LogP contribution in [0.4, 0.5) is 0 Å². The standard InChI is InChI=1S/C15H17N3O4S/c1-9-8-23-14(17-9)6-13(19)18-16-7-10-4-11(21-2)15(20)12(5-10)22-3/h4-5,7-8,20H,6H2,1-3H3,(H,18,19)/b16-7+. The van der Waals surface area contributed by atoms with Crippen molar-refractivity contribution in [2.75, 3.05) is 14.2 Å². The van der Waals surface area contributed by atoms with Crippen molar-refractivity contribution in [2.24, 2.45) is 5.10 Å². The number of phenols is 1. The van der Waals surface area contributed by atoms with Crippen LogP contribution in [0.25, 0.3) is 0 Å². The third-order valence-electron chi connectivity index (χ3n) is 2.88. The highest BCUT2D eigenvalue weighted by atomic mass is 32.1. The lowest BCUT2D eigenvalue weighted by molar-refractivity contribution is -0.120. The molecule has 1 heterocycles. The fourth-order valence-corrected chi connectivity index (χ4v) is 2.60. The molecule has 1 aromatic heterocycles. The molecule has 2 N–H and O–H groups in total. The predicted molar refractivity (Wildman–Crippen MR) is 87.5 cm³/mol. The Morgan fingerprint density at radius 3 is 2.57 bits per heavy atom. The van der Waals surface area contributed by atoms with Gasteiger partial charge in [-0.3, -0.25) is 4.79 Å². The molecular formula is C15H17N3O4S. The predicted octanol–water partition coefficient (Wildman–Crippen LogP) is 1.87. The fraction of sp³-hybridized carbons (Fsp3) is 0.267. The van der Waals surface area contributed by atoms with Gasteiger partial charge in [-0.15, -0.1) is 11.3 Å². The maximum atomic E-state index is 11.8. The van der Waals surface area contributed by atoms with Crippen LogP contribution < -0.4 is 14.9 Å². The summed E-state index contributed by atoms with van der Waals surface area (Å²) in [4.78, 5) is 16.0. The highest BCUT2D eigenvalue weighted by molar-refractivity contribution is 7.09. The Bertz CT molecular complexity index is 702. The molecule has 1 amide bonds. The smallest absolute Gasteiger partial charge is 0.246 e. The number of carbonyl (C=O) groups excluding carboxylic acids is 1. The molecule has 7 nitrogen and oxygen atoms in total. The summed E-state index contributed by atoms with van der Waals surface area (Å²) in [6.07, 6.45) is 1.62. The van der Waals surface area contributed by atoms with Crippen molar-refractivity contribution in [1.82, 2.24) is 10.4 Å². The number of aromatic hydroxyl groups is 1.